The molecule has 0 aliphatic carbocycles. The van der Waals surface area contributed by atoms with Crippen LogP contribution in [0.4, 0.5) is 16.2 Å². The Kier molecular flexibility index (Phi) is 6.29. The van der Waals surface area contributed by atoms with Crippen molar-refractivity contribution in [2.24, 2.45) is 0 Å². The highest BCUT2D eigenvalue weighted by atomic mass is 35.5. The second-order valence-electron chi connectivity index (χ2n) is 7.64. The minimum atomic E-state index is -0.746. The molecular formula is C26H21ClN2O4. The minimum Gasteiger partial charge on any atom is -0.490 e. The number of halogens is 1. The van der Waals surface area contributed by atoms with E-state index >= 15 is 0 Å². The number of rotatable bonds is 5. The second kappa shape index (κ2) is 9.30. The zero-order chi connectivity index (χ0) is 23.5. The van der Waals surface area contributed by atoms with Crippen LogP contribution in [0.25, 0.3) is 6.08 Å². The molecule has 7 heteroatoms. The summed E-state index contributed by atoms with van der Waals surface area (Å²) in [7, 11) is 0. The summed E-state index contributed by atoms with van der Waals surface area (Å²) in [5.74, 6) is -0.977. The number of carbonyl (C=O) groups excluding carboxylic acids is 3. The van der Waals surface area contributed by atoms with Gasteiger partial charge in [-0.05, 0) is 62.4 Å². The van der Waals surface area contributed by atoms with Crippen LogP contribution in [0.2, 0.25) is 5.02 Å². The molecule has 0 saturated carbocycles. The summed E-state index contributed by atoms with van der Waals surface area (Å²) >= 11 is 6.19. The molecule has 1 aliphatic heterocycles. The van der Waals surface area contributed by atoms with E-state index in [-0.39, 0.29) is 11.7 Å². The molecule has 0 aromatic heterocycles. The average Bonchev–Trinajstić information content (AvgIpc) is 2.79. The molecule has 3 aromatic carbocycles. The molecule has 166 valence electrons. The molecule has 4 amide bonds. The Balaban J connectivity index is 1.89. The van der Waals surface area contributed by atoms with Crippen molar-refractivity contribution in [1.29, 1.82) is 0 Å². The van der Waals surface area contributed by atoms with Gasteiger partial charge in [-0.25, -0.2) is 14.6 Å². The van der Waals surface area contributed by atoms with Gasteiger partial charge in [-0.2, -0.15) is 0 Å². The fourth-order valence-electron chi connectivity index (χ4n) is 3.49. The summed E-state index contributed by atoms with van der Waals surface area (Å²) in [6, 6.07) is 21.2. The third-order valence-corrected chi connectivity index (χ3v) is 5.15. The Morgan fingerprint density at radius 1 is 0.788 bits per heavy atom. The molecule has 1 aliphatic rings. The van der Waals surface area contributed by atoms with Crippen LogP contribution >= 0.6 is 11.6 Å². The molecular weight excluding hydrogens is 440 g/mol. The molecule has 4 rings (SSSR count). The first-order valence-electron chi connectivity index (χ1n) is 10.4. The molecule has 0 spiro atoms. The van der Waals surface area contributed by atoms with Gasteiger partial charge in [-0.15, -0.1) is 0 Å². The van der Waals surface area contributed by atoms with Crippen LogP contribution in [-0.4, -0.2) is 23.9 Å². The van der Waals surface area contributed by atoms with E-state index in [0.717, 1.165) is 9.80 Å². The lowest BCUT2D eigenvalue weighted by atomic mass is 10.0. The summed E-state index contributed by atoms with van der Waals surface area (Å²) in [5, 5.41) is 0.421. The molecule has 0 radical (unpaired) electrons. The number of barbiturate groups is 1. The predicted octanol–water partition coefficient (Wildman–Crippen LogP) is 5.71. The largest absolute Gasteiger partial charge is 0.490 e. The van der Waals surface area contributed by atoms with Crippen LogP contribution in [0, 0.1) is 0 Å². The zero-order valence-electron chi connectivity index (χ0n) is 18.1. The van der Waals surface area contributed by atoms with Gasteiger partial charge in [-0.1, -0.05) is 48.0 Å². The van der Waals surface area contributed by atoms with Crippen LogP contribution in [0.1, 0.15) is 19.4 Å². The van der Waals surface area contributed by atoms with E-state index in [1.165, 1.54) is 6.08 Å². The van der Waals surface area contributed by atoms with E-state index in [2.05, 4.69) is 0 Å². The fraction of sp³-hybridized carbons (Fsp3) is 0.115. The van der Waals surface area contributed by atoms with Gasteiger partial charge in [0.2, 0.25) is 0 Å². The summed E-state index contributed by atoms with van der Waals surface area (Å²) in [5.41, 5.74) is 0.995. The molecule has 0 N–H and O–H groups in total. The van der Waals surface area contributed by atoms with Crippen molar-refractivity contribution in [1.82, 2.24) is 0 Å². The summed E-state index contributed by atoms with van der Waals surface area (Å²) < 4.78 is 5.84. The van der Waals surface area contributed by atoms with E-state index in [9.17, 15) is 14.4 Å². The predicted molar refractivity (Wildman–Crippen MR) is 128 cm³/mol. The Morgan fingerprint density at radius 2 is 1.30 bits per heavy atom. The number of amides is 4. The normalized spacial score (nSPS) is 14.2. The average molecular weight is 461 g/mol. The van der Waals surface area contributed by atoms with Gasteiger partial charge in [0.05, 0.1) is 17.5 Å². The third-order valence-electron chi connectivity index (χ3n) is 4.91. The molecule has 0 bridgehead atoms. The number of nitrogens with zero attached hydrogens (tertiary/aromatic N) is 2. The number of hydrogen-bond acceptors (Lipinski definition) is 4. The first kappa shape index (κ1) is 22.3. The van der Waals surface area contributed by atoms with Gasteiger partial charge in [0.1, 0.15) is 11.3 Å². The standard InChI is InChI=1S/C26H21ClN2O4/c1-17(2)33-23-14-13-19(27)15-18(23)16-22-24(30)28(20-9-5-3-6-10-20)26(32)29(25(22)31)21-11-7-4-8-12-21/h3-17H,1-2H3. The van der Waals surface area contributed by atoms with E-state index in [0.29, 0.717) is 27.7 Å². The van der Waals surface area contributed by atoms with Gasteiger partial charge in [0, 0.05) is 10.6 Å². The van der Waals surface area contributed by atoms with Crippen molar-refractivity contribution < 1.29 is 19.1 Å². The van der Waals surface area contributed by atoms with E-state index < -0.39 is 17.8 Å². The van der Waals surface area contributed by atoms with Crippen LogP contribution < -0.4 is 14.5 Å². The lowest BCUT2D eigenvalue weighted by molar-refractivity contribution is -0.121. The second-order valence-corrected chi connectivity index (χ2v) is 8.08. The van der Waals surface area contributed by atoms with Crippen molar-refractivity contribution >= 4 is 46.9 Å². The van der Waals surface area contributed by atoms with E-state index in [1.54, 1.807) is 78.9 Å². The van der Waals surface area contributed by atoms with Crippen molar-refractivity contribution in [3.05, 3.63) is 95.0 Å². The van der Waals surface area contributed by atoms with Crippen LogP contribution in [0.15, 0.2) is 84.4 Å². The molecule has 1 heterocycles. The number of anilines is 2. The topological polar surface area (TPSA) is 66.9 Å². The number of hydrogen-bond donors (Lipinski definition) is 0. The van der Waals surface area contributed by atoms with Crippen LogP contribution in [0.5, 0.6) is 5.75 Å². The van der Waals surface area contributed by atoms with Crippen molar-refractivity contribution in [3.63, 3.8) is 0 Å². The van der Waals surface area contributed by atoms with Crippen molar-refractivity contribution in [2.75, 3.05) is 9.80 Å². The molecule has 1 saturated heterocycles. The maximum Gasteiger partial charge on any atom is 0.343 e. The van der Waals surface area contributed by atoms with Crippen molar-refractivity contribution in [3.8, 4) is 5.75 Å². The maximum atomic E-state index is 13.5. The lowest BCUT2D eigenvalue weighted by Gasteiger charge is -2.34. The molecule has 3 aromatic rings. The Morgan fingerprint density at radius 3 is 1.79 bits per heavy atom. The highest BCUT2D eigenvalue weighted by Crippen LogP contribution is 2.32. The van der Waals surface area contributed by atoms with Crippen LogP contribution in [0.3, 0.4) is 0 Å². The number of ether oxygens (including phenoxy) is 1. The summed E-state index contributed by atoms with van der Waals surface area (Å²) in [4.78, 5) is 42.3. The summed E-state index contributed by atoms with van der Waals surface area (Å²) in [6.07, 6.45) is 1.29. The highest BCUT2D eigenvalue weighted by Gasteiger charge is 2.43. The maximum absolute atomic E-state index is 13.5. The first-order chi connectivity index (χ1) is 15.9. The molecule has 0 atom stereocenters. The number of imide groups is 2. The Bertz CT molecular complexity index is 1180. The third kappa shape index (κ3) is 4.52. The van der Waals surface area contributed by atoms with Gasteiger partial charge < -0.3 is 4.74 Å². The lowest BCUT2D eigenvalue weighted by Crippen LogP contribution is -2.57. The highest BCUT2D eigenvalue weighted by molar-refractivity contribution is 6.46. The first-order valence-corrected chi connectivity index (χ1v) is 10.8. The van der Waals surface area contributed by atoms with Gasteiger partial charge in [-0.3, -0.25) is 9.59 Å². The number of carbonyl (C=O) groups is 3. The summed E-state index contributed by atoms with van der Waals surface area (Å²) in [6.45, 7) is 3.74. The minimum absolute atomic E-state index is 0.135. The Hall–Kier alpha value is -3.90. The fourth-order valence-corrected chi connectivity index (χ4v) is 3.67. The van der Waals surface area contributed by atoms with E-state index in [4.69, 9.17) is 16.3 Å². The molecule has 0 unspecified atom stereocenters. The molecule has 6 nitrogen and oxygen atoms in total. The smallest absolute Gasteiger partial charge is 0.343 e. The zero-order valence-corrected chi connectivity index (χ0v) is 18.8. The number of para-hydroxylation sites is 2. The van der Waals surface area contributed by atoms with Gasteiger partial charge in [0.25, 0.3) is 11.8 Å². The number of urea groups is 1. The van der Waals surface area contributed by atoms with Gasteiger partial charge >= 0.3 is 6.03 Å². The van der Waals surface area contributed by atoms with Crippen molar-refractivity contribution in [2.45, 2.75) is 20.0 Å². The quantitative estimate of drug-likeness (QED) is 0.361. The number of benzene rings is 3. The van der Waals surface area contributed by atoms with E-state index in [1.807, 2.05) is 13.8 Å². The molecule has 1 fully saturated rings. The Labute approximate surface area is 196 Å². The van der Waals surface area contributed by atoms with Gasteiger partial charge in [0.15, 0.2) is 0 Å². The monoisotopic (exact) mass is 460 g/mol. The molecule has 33 heavy (non-hydrogen) atoms. The SMILES string of the molecule is CC(C)Oc1ccc(Cl)cc1C=C1C(=O)N(c2ccccc2)C(=O)N(c2ccccc2)C1=O. The van der Waals surface area contributed by atoms with Crippen LogP contribution in [-0.2, 0) is 9.59 Å².